The zero-order valence-electron chi connectivity index (χ0n) is 7.13. The Kier molecular flexibility index (Phi) is 3.69. The summed E-state index contributed by atoms with van der Waals surface area (Å²) in [5.41, 5.74) is 0. The standard InChI is InChI=1S/C9H10BrFO2/c1-6(12)5-13-9-3-7(10)2-8(11)4-9/h2-4,6,12H,5H2,1H3/t6-/m1/s1. The third kappa shape index (κ3) is 3.74. The summed E-state index contributed by atoms with van der Waals surface area (Å²) in [7, 11) is 0. The van der Waals surface area contributed by atoms with Crippen LogP contribution in [0.5, 0.6) is 5.75 Å². The number of aliphatic hydroxyl groups is 1. The molecule has 0 saturated heterocycles. The molecule has 0 radical (unpaired) electrons. The van der Waals surface area contributed by atoms with E-state index in [1.54, 1.807) is 13.0 Å². The number of ether oxygens (including phenoxy) is 1. The van der Waals surface area contributed by atoms with E-state index in [2.05, 4.69) is 15.9 Å². The highest BCUT2D eigenvalue weighted by molar-refractivity contribution is 9.10. The molecule has 0 spiro atoms. The maximum absolute atomic E-state index is 12.8. The van der Waals surface area contributed by atoms with Gasteiger partial charge in [-0.2, -0.15) is 0 Å². The van der Waals surface area contributed by atoms with Gasteiger partial charge in [-0.3, -0.25) is 0 Å². The van der Waals surface area contributed by atoms with Crippen LogP contribution in [0.4, 0.5) is 4.39 Å². The summed E-state index contributed by atoms with van der Waals surface area (Å²) >= 11 is 3.14. The Morgan fingerprint density at radius 2 is 2.23 bits per heavy atom. The van der Waals surface area contributed by atoms with Gasteiger partial charge in [-0.15, -0.1) is 0 Å². The largest absolute Gasteiger partial charge is 0.491 e. The molecular formula is C9H10BrFO2. The quantitative estimate of drug-likeness (QED) is 0.890. The van der Waals surface area contributed by atoms with E-state index >= 15 is 0 Å². The van der Waals surface area contributed by atoms with E-state index in [0.717, 1.165) is 0 Å². The fourth-order valence-electron chi connectivity index (χ4n) is 0.829. The summed E-state index contributed by atoms with van der Waals surface area (Å²) < 4.78 is 18.5. The fourth-order valence-corrected chi connectivity index (χ4v) is 1.27. The van der Waals surface area contributed by atoms with Crippen molar-refractivity contribution in [3.63, 3.8) is 0 Å². The molecule has 1 aromatic carbocycles. The topological polar surface area (TPSA) is 29.5 Å². The van der Waals surface area contributed by atoms with Gasteiger partial charge in [-0.25, -0.2) is 4.39 Å². The summed E-state index contributed by atoms with van der Waals surface area (Å²) in [6.07, 6.45) is -0.554. The van der Waals surface area contributed by atoms with E-state index < -0.39 is 6.10 Å². The van der Waals surface area contributed by atoms with Gasteiger partial charge in [0.05, 0.1) is 6.10 Å². The van der Waals surface area contributed by atoms with Crippen LogP contribution in [0.25, 0.3) is 0 Å². The molecule has 4 heteroatoms. The molecule has 1 aromatic rings. The molecule has 0 aliphatic heterocycles. The molecular weight excluding hydrogens is 239 g/mol. The lowest BCUT2D eigenvalue weighted by molar-refractivity contribution is 0.122. The highest BCUT2D eigenvalue weighted by atomic mass is 79.9. The van der Waals surface area contributed by atoms with Crippen LogP contribution >= 0.6 is 15.9 Å². The van der Waals surface area contributed by atoms with Crippen LogP contribution in [0, 0.1) is 5.82 Å². The Hall–Kier alpha value is -0.610. The molecule has 0 aliphatic rings. The smallest absolute Gasteiger partial charge is 0.128 e. The van der Waals surface area contributed by atoms with E-state index in [1.165, 1.54) is 12.1 Å². The van der Waals surface area contributed by atoms with Crippen molar-refractivity contribution in [1.82, 2.24) is 0 Å². The van der Waals surface area contributed by atoms with Crippen LogP contribution in [0.3, 0.4) is 0 Å². The number of hydrogen-bond donors (Lipinski definition) is 1. The summed E-state index contributed by atoms with van der Waals surface area (Å²) in [6.45, 7) is 1.77. The van der Waals surface area contributed by atoms with Crippen molar-refractivity contribution >= 4 is 15.9 Å². The van der Waals surface area contributed by atoms with Crippen molar-refractivity contribution in [1.29, 1.82) is 0 Å². The lowest BCUT2D eigenvalue weighted by Gasteiger charge is -2.08. The van der Waals surface area contributed by atoms with Gasteiger partial charge in [-0.1, -0.05) is 15.9 Å². The first-order valence-corrected chi connectivity index (χ1v) is 4.64. The minimum absolute atomic E-state index is 0.163. The Bertz CT molecular complexity index is 269. The molecule has 0 aliphatic carbocycles. The van der Waals surface area contributed by atoms with Gasteiger partial charge in [0.1, 0.15) is 18.2 Å². The van der Waals surface area contributed by atoms with Crippen molar-refractivity contribution < 1.29 is 14.2 Å². The van der Waals surface area contributed by atoms with Gasteiger partial charge in [0.2, 0.25) is 0 Å². The van der Waals surface area contributed by atoms with Gasteiger partial charge < -0.3 is 9.84 Å². The van der Waals surface area contributed by atoms with E-state index in [9.17, 15) is 4.39 Å². The average Bonchev–Trinajstić information content (AvgIpc) is 1.99. The molecule has 0 saturated carbocycles. The summed E-state index contributed by atoms with van der Waals surface area (Å²) in [4.78, 5) is 0. The minimum Gasteiger partial charge on any atom is -0.491 e. The second-order valence-electron chi connectivity index (χ2n) is 2.77. The van der Waals surface area contributed by atoms with Crippen molar-refractivity contribution in [3.8, 4) is 5.75 Å². The fraction of sp³-hybridized carbons (Fsp3) is 0.333. The maximum atomic E-state index is 12.8. The first-order chi connectivity index (χ1) is 6.08. The predicted molar refractivity (Wildman–Crippen MR) is 51.3 cm³/mol. The zero-order chi connectivity index (χ0) is 9.84. The molecule has 0 amide bonds. The number of hydrogen-bond acceptors (Lipinski definition) is 2. The van der Waals surface area contributed by atoms with Gasteiger partial charge in [0.25, 0.3) is 0 Å². The first kappa shape index (κ1) is 10.5. The van der Waals surface area contributed by atoms with Crippen molar-refractivity contribution in [2.45, 2.75) is 13.0 Å². The normalized spacial score (nSPS) is 12.6. The van der Waals surface area contributed by atoms with E-state index in [4.69, 9.17) is 9.84 Å². The molecule has 1 N–H and O–H groups in total. The first-order valence-electron chi connectivity index (χ1n) is 3.85. The Labute approximate surface area is 84.5 Å². The van der Waals surface area contributed by atoms with Gasteiger partial charge in [0, 0.05) is 10.5 Å². The van der Waals surface area contributed by atoms with Crippen molar-refractivity contribution in [2.24, 2.45) is 0 Å². The van der Waals surface area contributed by atoms with Crippen LogP contribution in [0.2, 0.25) is 0 Å². The summed E-state index contributed by atoms with van der Waals surface area (Å²) in [5.74, 6) is 0.0442. The summed E-state index contributed by atoms with van der Waals surface area (Å²) in [5, 5.41) is 8.92. The average molecular weight is 249 g/mol. The number of aliphatic hydroxyl groups excluding tert-OH is 1. The van der Waals surface area contributed by atoms with Crippen LogP contribution < -0.4 is 4.74 Å². The Morgan fingerprint density at radius 1 is 1.54 bits per heavy atom. The van der Waals surface area contributed by atoms with Crippen molar-refractivity contribution in [3.05, 3.63) is 28.5 Å². The third-order valence-electron chi connectivity index (χ3n) is 1.33. The number of benzene rings is 1. The molecule has 13 heavy (non-hydrogen) atoms. The maximum Gasteiger partial charge on any atom is 0.128 e. The van der Waals surface area contributed by atoms with Crippen LogP contribution in [0.15, 0.2) is 22.7 Å². The number of halogens is 2. The molecule has 0 unspecified atom stereocenters. The predicted octanol–water partition coefficient (Wildman–Crippen LogP) is 2.35. The third-order valence-corrected chi connectivity index (χ3v) is 1.79. The lowest BCUT2D eigenvalue weighted by atomic mass is 10.3. The van der Waals surface area contributed by atoms with Gasteiger partial charge in [-0.05, 0) is 19.1 Å². The second kappa shape index (κ2) is 4.58. The summed E-state index contributed by atoms with van der Waals surface area (Å²) in [6, 6.07) is 4.26. The monoisotopic (exact) mass is 248 g/mol. The Balaban J connectivity index is 2.66. The molecule has 1 atom stereocenters. The van der Waals surface area contributed by atoms with Gasteiger partial charge >= 0.3 is 0 Å². The molecule has 0 fully saturated rings. The Morgan fingerprint density at radius 3 is 2.77 bits per heavy atom. The van der Waals surface area contributed by atoms with Gasteiger partial charge in [0.15, 0.2) is 0 Å². The molecule has 2 nitrogen and oxygen atoms in total. The number of rotatable bonds is 3. The lowest BCUT2D eigenvalue weighted by Crippen LogP contribution is -2.12. The van der Waals surface area contributed by atoms with Crippen LogP contribution in [-0.4, -0.2) is 17.8 Å². The molecule has 0 bridgehead atoms. The highest BCUT2D eigenvalue weighted by Crippen LogP contribution is 2.20. The molecule has 72 valence electrons. The van der Waals surface area contributed by atoms with Crippen LogP contribution in [0.1, 0.15) is 6.92 Å². The minimum atomic E-state index is -0.554. The second-order valence-corrected chi connectivity index (χ2v) is 3.68. The highest BCUT2D eigenvalue weighted by Gasteiger charge is 2.01. The zero-order valence-corrected chi connectivity index (χ0v) is 8.71. The van der Waals surface area contributed by atoms with E-state index in [-0.39, 0.29) is 12.4 Å². The van der Waals surface area contributed by atoms with Crippen LogP contribution in [-0.2, 0) is 0 Å². The van der Waals surface area contributed by atoms with E-state index in [0.29, 0.717) is 10.2 Å². The molecule has 1 rings (SSSR count). The molecule has 0 aromatic heterocycles. The van der Waals surface area contributed by atoms with Crippen molar-refractivity contribution in [2.75, 3.05) is 6.61 Å². The SMILES string of the molecule is C[C@@H](O)COc1cc(F)cc(Br)c1. The van der Waals surface area contributed by atoms with E-state index in [1.807, 2.05) is 0 Å². The molecule has 0 heterocycles.